The smallest absolute Gasteiger partial charge is 0.200 e. The van der Waals surface area contributed by atoms with Gasteiger partial charge in [-0.3, -0.25) is 0 Å². The molecule has 0 spiro atoms. The number of hydrogen-bond acceptors (Lipinski definition) is 4. The van der Waals surface area contributed by atoms with Gasteiger partial charge in [-0.2, -0.15) is 6.07 Å². The molecule has 1 aliphatic rings. The van der Waals surface area contributed by atoms with Gasteiger partial charge in [-0.1, -0.05) is 184 Å². The van der Waals surface area contributed by atoms with Crippen LogP contribution < -0.4 is 14.5 Å². The molecule has 13 rings (SSSR count). The van der Waals surface area contributed by atoms with E-state index in [1.54, 1.807) is 17.6 Å². The van der Waals surface area contributed by atoms with Crippen LogP contribution in [0.5, 0.6) is 11.5 Å². The van der Waals surface area contributed by atoms with Crippen LogP contribution in [0.2, 0.25) is 0 Å². The summed E-state index contributed by atoms with van der Waals surface area (Å²) in [6.45, 7) is 22.6. The molecular weight excluding hydrogens is 1320 g/mol. The molecule has 10 aromatic carbocycles. The summed E-state index contributed by atoms with van der Waals surface area (Å²) >= 11 is 0. The number of fused-ring (bicyclic) bond motifs is 4. The third-order valence-corrected chi connectivity index (χ3v) is 17.1. The van der Waals surface area contributed by atoms with Crippen molar-refractivity contribution in [1.29, 1.82) is 0 Å². The summed E-state index contributed by atoms with van der Waals surface area (Å²) in [5.41, 5.74) is 12.2. The molecule has 0 saturated heterocycles. The molecule has 0 atom stereocenters. The van der Waals surface area contributed by atoms with Crippen LogP contribution >= 0.6 is 0 Å². The number of ether oxygens (including phenoxy) is 1. The first-order valence-electron chi connectivity index (χ1n) is 30.4. The Kier molecular flexibility index (Phi) is 16.6. The summed E-state index contributed by atoms with van der Waals surface area (Å²) in [5, 5.41) is 1.99. The van der Waals surface area contributed by atoms with E-state index in [0.29, 0.717) is 45.3 Å². The second kappa shape index (κ2) is 24.3. The first-order chi connectivity index (χ1) is 43.1. The van der Waals surface area contributed by atoms with E-state index in [1.807, 2.05) is 141 Å². The first-order valence-corrected chi connectivity index (χ1v) is 30.4. The van der Waals surface area contributed by atoms with Crippen molar-refractivity contribution in [2.45, 2.75) is 91.9 Å². The van der Waals surface area contributed by atoms with Crippen molar-refractivity contribution in [1.82, 2.24) is 9.55 Å². The SMILES string of the molecule is CC(C)c1cc(-c2cc(C(C)(C)C)cc(-c3c(F)c(F)c(F)c(F)c3F)c2N2[CH-]N(c3[c-]c(Oc4[c-]c5c(cc4)c4ccccc4n5-c4cc(C(C)(C)C)ccn4)cc(-c4cc(-c5ccccc5)cc(-c5ccccc5)c4)c3)c3ccccc32)cc(C(C)C)c1.[Pt]. The molecule has 3 heterocycles. The van der Waals surface area contributed by atoms with Crippen LogP contribution in [-0.4, -0.2) is 9.55 Å². The van der Waals surface area contributed by atoms with Gasteiger partial charge < -0.3 is 19.1 Å². The molecule has 0 saturated carbocycles. The Balaban J connectivity index is 0.00000800. The van der Waals surface area contributed by atoms with E-state index < -0.39 is 40.1 Å². The van der Waals surface area contributed by atoms with Crippen molar-refractivity contribution in [3.8, 4) is 73.0 Å². The number of rotatable bonds is 12. The van der Waals surface area contributed by atoms with Gasteiger partial charge in [0.1, 0.15) is 5.82 Å². The van der Waals surface area contributed by atoms with Crippen LogP contribution in [0.15, 0.2) is 200 Å². The van der Waals surface area contributed by atoms with Crippen molar-refractivity contribution < 1.29 is 47.8 Å². The minimum atomic E-state index is -2.24. The molecule has 5 nitrogen and oxygen atoms in total. The zero-order valence-corrected chi connectivity index (χ0v) is 54.5. The molecule has 0 unspecified atom stereocenters. The monoisotopic (exact) mass is 1390 g/mol. The van der Waals surface area contributed by atoms with Gasteiger partial charge in [-0.05, 0) is 144 Å². The van der Waals surface area contributed by atoms with E-state index in [2.05, 4.69) is 144 Å². The fourth-order valence-corrected chi connectivity index (χ4v) is 12.1. The summed E-state index contributed by atoms with van der Waals surface area (Å²) in [5.74, 6) is -8.55. The van der Waals surface area contributed by atoms with Crippen molar-refractivity contribution in [2.75, 3.05) is 9.80 Å². The molecule has 0 aliphatic carbocycles. The maximum absolute atomic E-state index is 16.9. The molecule has 0 N–H and O–H groups in total. The molecule has 0 bridgehead atoms. The zero-order valence-electron chi connectivity index (χ0n) is 52.2. The molecule has 0 radical (unpaired) electrons. The van der Waals surface area contributed by atoms with Crippen molar-refractivity contribution in [3.63, 3.8) is 0 Å². The summed E-state index contributed by atoms with van der Waals surface area (Å²) in [4.78, 5) is 8.64. The summed E-state index contributed by atoms with van der Waals surface area (Å²) in [7, 11) is 0. The van der Waals surface area contributed by atoms with Gasteiger partial charge in [0.2, 0.25) is 5.82 Å². The molecule has 91 heavy (non-hydrogen) atoms. The Morgan fingerprint density at radius 1 is 0.451 bits per heavy atom. The third kappa shape index (κ3) is 11.6. The van der Waals surface area contributed by atoms with Gasteiger partial charge in [0.05, 0.1) is 5.56 Å². The van der Waals surface area contributed by atoms with E-state index in [9.17, 15) is 0 Å². The maximum Gasteiger partial charge on any atom is 0.200 e. The van der Waals surface area contributed by atoms with Gasteiger partial charge in [0.15, 0.2) is 23.3 Å². The van der Waals surface area contributed by atoms with Crippen LogP contribution in [0.25, 0.3) is 83.3 Å². The normalized spacial score (nSPS) is 12.6. The predicted molar refractivity (Wildman–Crippen MR) is 357 cm³/mol. The second-order valence-corrected chi connectivity index (χ2v) is 26.0. The largest absolute Gasteiger partial charge is 0.509 e. The summed E-state index contributed by atoms with van der Waals surface area (Å²) < 4.78 is 89.9. The van der Waals surface area contributed by atoms with Crippen LogP contribution in [0.3, 0.4) is 0 Å². The quantitative estimate of drug-likeness (QED) is 0.0528. The first kappa shape index (κ1) is 62.1. The van der Waals surface area contributed by atoms with Gasteiger partial charge >= 0.3 is 0 Å². The van der Waals surface area contributed by atoms with Crippen LogP contribution in [0, 0.1) is 47.9 Å². The molecule has 0 amide bonds. The van der Waals surface area contributed by atoms with E-state index in [-0.39, 0.29) is 49.6 Å². The molecular formula is C80H66F5N4OPt-3. The van der Waals surface area contributed by atoms with Crippen molar-refractivity contribution in [3.05, 3.63) is 270 Å². The number of anilines is 4. The van der Waals surface area contributed by atoms with Crippen molar-refractivity contribution in [2.24, 2.45) is 0 Å². The molecule has 1 aliphatic heterocycles. The Bertz CT molecular complexity index is 4660. The van der Waals surface area contributed by atoms with Crippen LogP contribution in [0.4, 0.5) is 44.7 Å². The van der Waals surface area contributed by atoms with Crippen LogP contribution in [0.1, 0.15) is 103 Å². The van der Waals surface area contributed by atoms with Crippen LogP contribution in [-0.2, 0) is 31.9 Å². The summed E-state index contributed by atoms with van der Waals surface area (Å²) in [6, 6.07) is 71.9. The maximum atomic E-state index is 16.9. The molecule has 11 heteroatoms. The Morgan fingerprint density at radius 2 is 0.978 bits per heavy atom. The number of benzene rings is 10. The fourth-order valence-electron chi connectivity index (χ4n) is 12.1. The number of aromatic nitrogens is 2. The van der Waals surface area contributed by atoms with Gasteiger partial charge in [-0.15, -0.1) is 53.6 Å². The van der Waals surface area contributed by atoms with E-state index >= 15 is 22.0 Å². The summed E-state index contributed by atoms with van der Waals surface area (Å²) in [6.07, 6.45) is 1.85. The third-order valence-electron chi connectivity index (χ3n) is 17.1. The second-order valence-electron chi connectivity index (χ2n) is 26.0. The van der Waals surface area contributed by atoms with Gasteiger partial charge in [0, 0.05) is 72.5 Å². The van der Waals surface area contributed by atoms with E-state index in [4.69, 9.17) is 9.72 Å². The Hall–Kier alpha value is -9.11. The van der Waals surface area contributed by atoms with E-state index in [1.165, 1.54) is 0 Å². The number of nitrogens with zero attached hydrogens (tertiary/aromatic N) is 4. The fraction of sp³-hybridized carbons (Fsp3) is 0.175. The molecule has 2 aromatic heterocycles. The van der Waals surface area contributed by atoms with Gasteiger partial charge in [-0.25, -0.2) is 26.9 Å². The average Bonchev–Trinajstić information content (AvgIpc) is 1.73. The predicted octanol–water partition coefficient (Wildman–Crippen LogP) is 22.9. The minimum Gasteiger partial charge on any atom is -0.509 e. The Labute approximate surface area is 543 Å². The number of pyridine rings is 1. The Morgan fingerprint density at radius 3 is 1.57 bits per heavy atom. The standard InChI is InChI=1S/C80H66F5N4O.Pt/c1-47(2)51-33-52(48(3)4)35-57(34-51)65-41-59(80(8,9)10)42-66(72-73(81)75(83)77(85)76(84)74(72)82)78(65)88-46-87(68-27-19-20-28-69(68)88)60-39-56(55-37-53(49-21-13-11-14-22-49)36-54(38-55)50-23-15-12-16-24-50)40-62(44-60)90-61-29-30-64-63-25-17-18-26-67(63)89(70(64)45-61)71-43-58(31-32-86-71)79(5,6)7;/h11-43,46-48H,1-10H3;/q-3;. The number of halogens is 5. The van der Waals surface area contributed by atoms with E-state index in [0.717, 1.165) is 77.7 Å². The van der Waals surface area contributed by atoms with Crippen molar-refractivity contribution >= 4 is 44.6 Å². The number of para-hydroxylation sites is 3. The molecule has 0 fully saturated rings. The zero-order chi connectivity index (χ0) is 63.1. The molecule has 460 valence electrons. The average molecular weight is 1390 g/mol. The topological polar surface area (TPSA) is 33.5 Å². The molecule has 12 aromatic rings. The minimum absolute atomic E-state index is 0. The van der Waals surface area contributed by atoms with Gasteiger partial charge in [0.25, 0.3) is 0 Å². The number of hydrogen-bond donors (Lipinski definition) is 0.